The molecular weight excluding hydrogens is 410 g/mol. The Morgan fingerprint density at radius 1 is 1.09 bits per heavy atom. The van der Waals surface area contributed by atoms with Crippen LogP contribution in [0.25, 0.3) is 17.2 Å². The molecule has 0 bridgehead atoms. The van der Waals surface area contributed by atoms with Crippen molar-refractivity contribution in [3.8, 4) is 16.9 Å². The van der Waals surface area contributed by atoms with Gasteiger partial charge in [-0.25, -0.2) is 4.39 Å². The summed E-state index contributed by atoms with van der Waals surface area (Å²) in [4.78, 5) is 24.8. The van der Waals surface area contributed by atoms with Crippen molar-refractivity contribution < 1.29 is 19.1 Å². The van der Waals surface area contributed by atoms with Gasteiger partial charge in [0, 0.05) is 28.3 Å². The molecule has 5 heteroatoms. The largest absolute Gasteiger partial charge is 0.504 e. The third-order valence-corrected chi connectivity index (χ3v) is 4.48. The lowest BCUT2D eigenvalue weighted by Gasteiger charge is -2.19. The summed E-state index contributed by atoms with van der Waals surface area (Å²) in [6.45, 7) is 3.69. The number of ketones is 2. The monoisotopic (exact) mass is 420 g/mol. The van der Waals surface area contributed by atoms with Crippen LogP contribution in [0.2, 0.25) is 0 Å². The van der Waals surface area contributed by atoms with E-state index in [4.69, 9.17) is 0 Å². The van der Waals surface area contributed by atoms with Crippen LogP contribution in [0.1, 0.15) is 26.3 Å². The molecule has 1 aliphatic rings. The number of benzene rings is 2. The Hall–Kier alpha value is -2.28. The van der Waals surface area contributed by atoms with Crippen LogP contribution in [0.3, 0.4) is 0 Å². The van der Waals surface area contributed by atoms with E-state index in [0.29, 0.717) is 11.1 Å². The summed E-state index contributed by atoms with van der Waals surface area (Å²) in [6, 6.07) is 7.24. The van der Waals surface area contributed by atoms with Crippen molar-refractivity contribution in [2.75, 3.05) is 0 Å². The number of fused-ring (bicyclic) bond motifs is 1. The maximum atomic E-state index is 13.7. The smallest absolute Gasteiger partial charge is 0.200 e. The van der Waals surface area contributed by atoms with Gasteiger partial charge in [0.05, 0.1) is 3.58 Å². The molecule has 1 aliphatic carbocycles. The minimum absolute atomic E-state index is 0.156. The number of rotatable bonds is 2. The molecule has 3 rings (SSSR count). The average Bonchev–Trinajstić information content (AvgIpc) is 2.54. The van der Waals surface area contributed by atoms with E-state index in [9.17, 15) is 19.1 Å². The molecule has 0 amide bonds. The molecule has 0 saturated carbocycles. The van der Waals surface area contributed by atoms with Crippen LogP contribution in [-0.4, -0.2) is 16.7 Å². The number of hydrogen-bond donors (Lipinski definition) is 1. The third kappa shape index (κ3) is 2.41. The van der Waals surface area contributed by atoms with E-state index in [-0.39, 0.29) is 31.8 Å². The summed E-state index contributed by atoms with van der Waals surface area (Å²) in [5, 5.41) is 10.1. The van der Waals surface area contributed by atoms with Gasteiger partial charge in [0.15, 0.2) is 17.3 Å². The number of carbonyl (C=O) groups excluding carboxylic acids is 2. The molecule has 23 heavy (non-hydrogen) atoms. The number of para-hydroxylation sites is 1. The number of phenols is 1. The fourth-order valence-corrected chi connectivity index (χ4v) is 3.17. The highest BCUT2D eigenvalue weighted by Crippen LogP contribution is 2.40. The van der Waals surface area contributed by atoms with Crippen LogP contribution in [0.5, 0.6) is 5.75 Å². The molecule has 0 saturated heterocycles. The van der Waals surface area contributed by atoms with E-state index in [1.165, 1.54) is 24.3 Å². The molecule has 0 atom stereocenters. The van der Waals surface area contributed by atoms with Crippen LogP contribution in [0.4, 0.5) is 4.39 Å². The van der Waals surface area contributed by atoms with Crippen molar-refractivity contribution in [2.45, 2.75) is 0 Å². The lowest BCUT2D eigenvalue weighted by atomic mass is 9.84. The van der Waals surface area contributed by atoms with Crippen molar-refractivity contribution in [1.29, 1.82) is 0 Å². The highest BCUT2D eigenvalue weighted by atomic mass is 127. The Kier molecular flexibility index (Phi) is 3.89. The van der Waals surface area contributed by atoms with Crippen LogP contribution >= 0.6 is 22.6 Å². The Labute approximate surface area is 145 Å². The Morgan fingerprint density at radius 2 is 1.83 bits per heavy atom. The zero-order valence-corrected chi connectivity index (χ0v) is 13.9. The van der Waals surface area contributed by atoms with Gasteiger partial charge < -0.3 is 5.11 Å². The third-order valence-electron chi connectivity index (χ3n) is 3.68. The number of phenolic OH excluding ortho intramolecular Hbond substituents is 1. The fourth-order valence-electron chi connectivity index (χ4n) is 2.62. The van der Waals surface area contributed by atoms with Crippen molar-refractivity contribution in [2.24, 2.45) is 0 Å². The molecular formula is C18H10FIO3. The molecule has 0 spiro atoms. The van der Waals surface area contributed by atoms with Gasteiger partial charge in [-0.15, -0.1) is 0 Å². The number of allylic oxidation sites excluding steroid dienone is 2. The number of hydrogen-bond acceptors (Lipinski definition) is 3. The minimum Gasteiger partial charge on any atom is -0.504 e. The van der Waals surface area contributed by atoms with Crippen LogP contribution in [-0.2, 0) is 0 Å². The first-order chi connectivity index (χ1) is 11.0. The van der Waals surface area contributed by atoms with Crippen molar-refractivity contribution in [3.63, 3.8) is 0 Å². The van der Waals surface area contributed by atoms with E-state index in [1.54, 1.807) is 34.7 Å². The predicted molar refractivity (Wildman–Crippen MR) is 94.4 cm³/mol. The molecule has 0 fully saturated rings. The molecule has 0 unspecified atom stereocenters. The summed E-state index contributed by atoms with van der Waals surface area (Å²) in [7, 11) is 0. The normalized spacial score (nSPS) is 13.6. The van der Waals surface area contributed by atoms with Gasteiger partial charge in [-0.3, -0.25) is 9.59 Å². The first-order valence-corrected chi connectivity index (χ1v) is 7.77. The van der Waals surface area contributed by atoms with E-state index >= 15 is 0 Å². The van der Waals surface area contributed by atoms with Crippen molar-refractivity contribution in [3.05, 3.63) is 69.1 Å². The van der Waals surface area contributed by atoms with E-state index in [1.807, 2.05) is 0 Å². The minimum atomic E-state index is -0.796. The highest BCUT2D eigenvalue weighted by Gasteiger charge is 2.29. The quantitative estimate of drug-likeness (QED) is 0.727. The summed E-state index contributed by atoms with van der Waals surface area (Å²) in [5.74, 6) is -1.98. The van der Waals surface area contributed by atoms with Gasteiger partial charge in [0.25, 0.3) is 0 Å². The zero-order valence-electron chi connectivity index (χ0n) is 11.8. The number of halogens is 2. The van der Waals surface area contributed by atoms with Gasteiger partial charge in [0.2, 0.25) is 5.78 Å². The molecule has 114 valence electrons. The Bertz CT molecular complexity index is 913. The van der Waals surface area contributed by atoms with Gasteiger partial charge in [-0.1, -0.05) is 30.9 Å². The highest BCUT2D eigenvalue weighted by molar-refractivity contribution is 14.1. The molecule has 0 aliphatic heterocycles. The summed E-state index contributed by atoms with van der Waals surface area (Å²) in [5.41, 5.74) is 1.41. The van der Waals surface area contributed by atoms with Crippen molar-refractivity contribution in [1.82, 2.24) is 0 Å². The van der Waals surface area contributed by atoms with Crippen LogP contribution < -0.4 is 0 Å². The summed E-state index contributed by atoms with van der Waals surface area (Å²) >= 11 is 1.80. The maximum Gasteiger partial charge on any atom is 0.200 e. The zero-order chi connectivity index (χ0) is 16.7. The Morgan fingerprint density at radius 3 is 2.52 bits per heavy atom. The number of carbonyl (C=O) groups is 2. The second kappa shape index (κ2) is 5.73. The molecule has 0 heterocycles. The van der Waals surface area contributed by atoms with E-state index < -0.39 is 11.6 Å². The molecule has 1 N–H and O–H groups in total. The summed E-state index contributed by atoms with van der Waals surface area (Å²) < 4.78 is 14.0. The van der Waals surface area contributed by atoms with Crippen LogP contribution in [0.15, 0.2) is 46.6 Å². The fraction of sp³-hybridized carbons (Fsp3) is 0. The van der Waals surface area contributed by atoms with Crippen molar-refractivity contribution >= 4 is 40.2 Å². The van der Waals surface area contributed by atoms with Gasteiger partial charge in [-0.2, -0.15) is 0 Å². The van der Waals surface area contributed by atoms with Gasteiger partial charge >= 0.3 is 0 Å². The topological polar surface area (TPSA) is 54.4 Å². The second-order valence-electron chi connectivity index (χ2n) is 4.98. The molecule has 3 nitrogen and oxygen atoms in total. The first kappa shape index (κ1) is 15.6. The average molecular weight is 420 g/mol. The maximum absolute atomic E-state index is 13.7. The van der Waals surface area contributed by atoms with Crippen LogP contribution in [0, 0.1) is 5.82 Å². The van der Waals surface area contributed by atoms with Gasteiger partial charge in [-0.05, 0) is 40.3 Å². The first-order valence-electron chi connectivity index (χ1n) is 6.69. The molecule has 0 radical (unpaired) electrons. The predicted octanol–water partition coefficient (Wildman–Crippen LogP) is 4.54. The van der Waals surface area contributed by atoms with Gasteiger partial charge in [0.1, 0.15) is 0 Å². The number of Topliss-reactive ketones (excluding diaryl/α,β-unsaturated/α-hetero) is 1. The lowest BCUT2D eigenvalue weighted by Crippen LogP contribution is -2.16. The molecule has 0 aromatic heterocycles. The molecule has 2 aromatic carbocycles. The lowest BCUT2D eigenvalue weighted by molar-refractivity contribution is 0.0993. The molecule has 2 aromatic rings. The van der Waals surface area contributed by atoms with E-state index in [2.05, 4.69) is 6.58 Å². The number of aromatic hydroxyl groups is 1. The Balaban J connectivity index is 2.44. The standard InChI is InChI=1S/C18H10FIO3/c1-2-9-6-7-10-14(21)8-13(20)18(23)16(10)15(9)11-4-3-5-12(19)17(11)22/h2-8,22H,1H2. The SMILES string of the molecule is C=Cc1ccc2c(c1-c1cccc(F)c1O)C(=O)C(I)=CC2=O. The second-order valence-corrected chi connectivity index (χ2v) is 6.14. The summed E-state index contributed by atoms with van der Waals surface area (Å²) in [6.07, 6.45) is 2.77. The van der Waals surface area contributed by atoms with E-state index in [0.717, 1.165) is 6.07 Å².